The minimum atomic E-state index is -0.420. The van der Waals surface area contributed by atoms with Crippen molar-refractivity contribution in [2.45, 2.75) is 18.6 Å². The van der Waals surface area contributed by atoms with E-state index in [0.29, 0.717) is 11.8 Å². The fraction of sp³-hybridized carbons (Fsp3) is 0.538. The quantitative estimate of drug-likeness (QED) is 0.556. The second kappa shape index (κ2) is 3.75. The number of fused-ring (bicyclic) bond motifs is 3. The molecule has 2 aliphatic carbocycles. The van der Waals surface area contributed by atoms with Crippen LogP contribution < -0.4 is 11.1 Å². The van der Waals surface area contributed by atoms with Crippen molar-refractivity contribution in [2.24, 2.45) is 23.5 Å². The molecule has 0 aromatic heterocycles. The summed E-state index contributed by atoms with van der Waals surface area (Å²) in [6.07, 6.45) is 11.1. The Morgan fingerprint density at radius 3 is 3.00 bits per heavy atom. The molecule has 86 valence electrons. The first-order valence-electron chi connectivity index (χ1n) is 6.00. The number of aliphatic hydroxyl groups is 1. The molecular weight excluding hydrogens is 200 g/mol. The molecule has 16 heavy (non-hydrogen) atoms. The number of aliphatic hydroxyl groups excluding tert-OH is 1. The molecule has 3 aliphatic rings. The number of nitrogens with one attached hydrogen (secondary N) is 1. The smallest absolute Gasteiger partial charge is 0.0782 e. The van der Waals surface area contributed by atoms with Crippen LogP contribution in [0.3, 0.4) is 0 Å². The number of piperidine rings is 1. The highest BCUT2D eigenvalue weighted by atomic mass is 16.3. The van der Waals surface area contributed by atoms with Crippen LogP contribution in [0.15, 0.2) is 36.1 Å². The molecule has 1 heterocycles. The van der Waals surface area contributed by atoms with E-state index in [0.717, 1.165) is 13.0 Å². The minimum Gasteiger partial charge on any atom is -0.391 e. The molecule has 0 saturated carbocycles. The van der Waals surface area contributed by atoms with Crippen LogP contribution in [0, 0.1) is 17.8 Å². The minimum absolute atomic E-state index is 0.117. The van der Waals surface area contributed by atoms with Gasteiger partial charge in [-0.3, -0.25) is 0 Å². The van der Waals surface area contributed by atoms with Gasteiger partial charge in [-0.1, -0.05) is 30.4 Å². The van der Waals surface area contributed by atoms with Crippen LogP contribution in [0.4, 0.5) is 0 Å². The van der Waals surface area contributed by atoms with Gasteiger partial charge in [0.05, 0.1) is 6.10 Å². The Morgan fingerprint density at radius 2 is 2.12 bits per heavy atom. The molecule has 4 N–H and O–H groups in total. The molecule has 0 aromatic rings. The molecule has 5 atom stereocenters. The first-order valence-corrected chi connectivity index (χ1v) is 6.00. The largest absolute Gasteiger partial charge is 0.391 e. The molecule has 0 aromatic carbocycles. The summed E-state index contributed by atoms with van der Waals surface area (Å²) in [6, 6.07) is -0.117. The van der Waals surface area contributed by atoms with Crippen molar-refractivity contribution >= 4 is 0 Å². The zero-order chi connectivity index (χ0) is 11.1. The molecule has 3 nitrogen and oxygen atoms in total. The maximum absolute atomic E-state index is 10.2. The molecule has 5 unspecified atom stereocenters. The van der Waals surface area contributed by atoms with Gasteiger partial charge in [-0.25, -0.2) is 0 Å². The molecule has 0 radical (unpaired) electrons. The third-order valence-corrected chi connectivity index (χ3v) is 4.03. The molecule has 1 saturated heterocycles. The summed E-state index contributed by atoms with van der Waals surface area (Å²) in [5.41, 5.74) is 7.13. The van der Waals surface area contributed by atoms with Gasteiger partial charge in [0.2, 0.25) is 0 Å². The molecule has 3 rings (SSSR count). The van der Waals surface area contributed by atoms with Crippen molar-refractivity contribution in [3.8, 4) is 0 Å². The van der Waals surface area contributed by atoms with Gasteiger partial charge < -0.3 is 16.2 Å². The maximum atomic E-state index is 10.2. The Hall–Kier alpha value is -1.06. The van der Waals surface area contributed by atoms with E-state index in [2.05, 4.69) is 35.7 Å². The average molecular weight is 218 g/mol. The summed E-state index contributed by atoms with van der Waals surface area (Å²) in [5, 5.41) is 13.7. The summed E-state index contributed by atoms with van der Waals surface area (Å²) in [7, 11) is 0. The van der Waals surface area contributed by atoms with Gasteiger partial charge in [0.25, 0.3) is 0 Å². The number of nitrogens with two attached hydrogens (primary N) is 1. The van der Waals surface area contributed by atoms with Crippen molar-refractivity contribution in [3.05, 3.63) is 36.1 Å². The number of hydrogen-bond donors (Lipinski definition) is 3. The molecule has 0 bridgehead atoms. The molecular formula is C13H18N2O. The number of hydrogen-bond acceptors (Lipinski definition) is 3. The van der Waals surface area contributed by atoms with Gasteiger partial charge in [-0.2, -0.15) is 0 Å². The van der Waals surface area contributed by atoms with Gasteiger partial charge in [-0.15, -0.1) is 0 Å². The molecule has 0 amide bonds. The Kier molecular flexibility index (Phi) is 2.37. The summed E-state index contributed by atoms with van der Waals surface area (Å²) in [5.74, 6) is 1.05. The Balaban J connectivity index is 1.94. The lowest BCUT2D eigenvalue weighted by Gasteiger charge is -2.45. The molecule has 0 spiro atoms. The second-order valence-electron chi connectivity index (χ2n) is 4.97. The number of rotatable bonds is 0. The van der Waals surface area contributed by atoms with Crippen molar-refractivity contribution in [1.29, 1.82) is 0 Å². The van der Waals surface area contributed by atoms with Crippen molar-refractivity contribution in [1.82, 2.24) is 5.32 Å². The van der Waals surface area contributed by atoms with Crippen LogP contribution in [0.25, 0.3) is 0 Å². The van der Waals surface area contributed by atoms with Gasteiger partial charge in [0.1, 0.15) is 0 Å². The zero-order valence-electron chi connectivity index (χ0n) is 9.21. The van der Waals surface area contributed by atoms with E-state index < -0.39 is 6.10 Å². The summed E-state index contributed by atoms with van der Waals surface area (Å²) in [4.78, 5) is 0. The SMILES string of the molecule is NC1CC=C2NCC3C=CC=CC3C2C1O. The van der Waals surface area contributed by atoms with Crippen molar-refractivity contribution < 1.29 is 5.11 Å². The highest BCUT2D eigenvalue weighted by Crippen LogP contribution is 2.39. The fourth-order valence-corrected chi connectivity index (χ4v) is 3.11. The molecule has 3 heteroatoms. The van der Waals surface area contributed by atoms with Gasteiger partial charge >= 0.3 is 0 Å². The van der Waals surface area contributed by atoms with E-state index in [4.69, 9.17) is 5.73 Å². The third-order valence-electron chi connectivity index (χ3n) is 4.03. The Bertz CT molecular complexity index is 372. The Morgan fingerprint density at radius 1 is 1.31 bits per heavy atom. The fourth-order valence-electron chi connectivity index (χ4n) is 3.11. The summed E-state index contributed by atoms with van der Waals surface area (Å²) in [6.45, 7) is 0.968. The average Bonchev–Trinajstić information content (AvgIpc) is 2.33. The normalized spacial score (nSPS) is 45.4. The van der Waals surface area contributed by atoms with Crippen LogP contribution in [0.2, 0.25) is 0 Å². The lowest BCUT2D eigenvalue weighted by Crippen LogP contribution is -2.53. The lowest BCUT2D eigenvalue weighted by molar-refractivity contribution is 0.0493. The Labute approximate surface area is 95.7 Å². The predicted octanol–water partition coefficient (Wildman–Crippen LogP) is 0.540. The van der Waals surface area contributed by atoms with E-state index in [1.807, 2.05) is 0 Å². The van der Waals surface area contributed by atoms with E-state index in [-0.39, 0.29) is 12.0 Å². The summed E-state index contributed by atoms with van der Waals surface area (Å²) >= 11 is 0. The molecule has 1 aliphatic heterocycles. The lowest BCUT2D eigenvalue weighted by atomic mass is 9.68. The monoisotopic (exact) mass is 218 g/mol. The third kappa shape index (κ3) is 1.43. The predicted molar refractivity (Wildman–Crippen MR) is 63.4 cm³/mol. The van der Waals surface area contributed by atoms with E-state index >= 15 is 0 Å². The van der Waals surface area contributed by atoms with Crippen LogP contribution >= 0.6 is 0 Å². The van der Waals surface area contributed by atoms with E-state index in [9.17, 15) is 5.11 Å². The van der Waals surface area contributed by atoms with Gasteiger partial charge in [-0.05, 0) is 12.3 Å². The maximum Gasteiger partial charge on any atom is 0.0782 e. The highest BCUT2D eigenvalue weighted by molar-refractivity contribution is 5.26. The van der Waals surface area contributed by atoms with Crippen LogP contribution in [-0.4, -0.2) is 23.8 Å². The highest BCUT2D eigenvalue weighted by Gasteiger charge is 2.42. The van der Waals surface area contributed by atoms with E-state index in [1.165, 1.54) is 5.70 Å². The standard InChI is InChI=1S/C13H18N2O/c14-10-5-6-11-12(13(10)16)9-4-2-1-3-8(9)7-15-11/h1-4,6,8-10,12-13,15-16H,5,7,14H2. The van der Waals surface area contributed by atoms with Crippen LogP contribution in [0.1, 0.15) is 6.42 Å². The van der Waals surface area contributed by atoms with Crippen molar-refractivity contribution in [3.63, 3.8) is 0 Å². The topological polar surface area (TPSA) is 58.3 Å². The summed E-state index contributed by atoms with van der Waals surface area (Å²) < 4.78 is 0. The van der Waals surface area contributed by atoms with Gasteiger partial charge in [0, 0.05) is 30.1 Å². The van der Waals surface area contributed by atoms with E-state index in [1.54, 1.807) is 0 Å². The van der Waals surface area contributed by atoms with Gasteiger partial charge in [0.15, 0.2) is 0 Å². The second-order valence-corrected chi connectivity index (χ2v) is 4.97. The van der Waals surface area contributed by atoms with Crippen LogP contribution in [-0.2, 0) is 0 Å². The number of allylic oxidation sites excluding steroid dienone is 3. The van der Waals surface area contributed by atoms with Crippen LogP contribution in [0.5, 0.6) is 0 Å². The first kappa shape index (κ1) is 10.1. The zero-order valence-corrected chi connectivity index (χ0v) is 9.21. The molecule has 1 fully saturated rings. The first-order chi connectivity index (χ1) is 7.77. The van der Waals surface area contributed by atoms with Crippen molar-refractivity contribution in [2.75, 3.05) is 6.54 Å².